The van der Waals surface area contributed by atoms with Crippen LogP contribution in [0.4, 0.5) is 10.1 Å². The molecule has 4 nitrogen and oxygen atoms in total. The van der Waals surface area contributed by atoms with Crippen LogP contribution in [0.1, 0.15) is 0 Å². The molecule has 0 amide bonds. The molecule has 2 rings (SSSR count). The van der Waals surface area contributed by atoms with Gasteiger partial charge in [0.15, 0.2) is 0 Å². The van der Waals surface area contributed by atoms with E-state index in [4.69, 9.17) is 5.73 Å². The third-order valence-corrected chi connectivity index (χ3v) is 4.23. The van der Waals surface area contributed by atoms with Gasteiger partial charge in [0.1, 0.15) is 5.82 Å². The van der Waals surface area contributed by atoms with Crippen molar-refractivity contribution in [2.24, 2.45) is 0 Å². The Morgan fingerprint density at radius 1 is 1.16 bits per heavy atom. The van der Waals surface area contributed by atoms with Crippen molar-refractivity contribution < 1.29 is 12.8 Å². The second-order valence-electron chi connectivity index (χ2n) is 3.94. The summed E-state index contributed by atoms with van der Waals surface area (Å²) < 4.78 is 39.6. The smallest absolute Gasteiger partial charge is 0.240 e. The minimum Gasteiger partial charge on any atom is -0.396 e. The summed E-state index contributed by atoms with van der Waals surface area (Å²) in [6.45, 7) is 0. The van der Waals surface area contributed by atoms with Crippen LogP contribution >= 0.6 is 0 Å². The monoisotopic (exact) mass is 280 g/mol. The first-order valence-corrected chi connectivity index (χ1v) is 7.02. The Morgan fingerprint density at radius 3 is 2.47 bits per heavy atom. The van der Waals surface area contributed by atoms with Crippen molar-refractivity contribution >= 4 is 15.7 Å². The van der Waals surface area contributed by atoms with Crippen LogP contribution in [0.25, 0.3) is 11.1 Å². The van der Waals surface area contributed by atoms with Crippen molar-refractivity contribution in [3.63, 3.8) is 0 Å². The Kier molecular flexibility index (Phi) is 3.55. The molecule has 19 heavy (non-hydrogen) atoms. The van der Waals surface area contributed by atoms with Crippen LogP contribution in [-0.2, 0) is 10.0 Å². The molecule has 0 aromatic heterocycles. The number of nitrogen functional groups attached to an aromatic ring is 1. The van der Waals surface area contributed by atoms with Crippen LogP contribution in [-0.4, -0.2) is 15.5 Å². The standard InChI is InChI=1S/C13H13FN2O2S/c1-16-19(17,18)13-5-3-2-4-10(13)9-6-7-12(15)11(14)8-9/h2-8,16H,15H2,1H3. The van der Waals surface area contributed by atoms with Crippen LogP contribution in [0.3, 0.4) is 0 Å². The van der Waals surface area contributed by atoms with E-state index >= 15 is 0 Å². The molecular formula is C13H13FN2O2S. The zero-order valence-electron chi connectivity index (χ0n) is 10.2. The summed E-state index contributed by atoms with van der Waals surface area (Å²) in [5, 5.41) is 0. The average molecular weight is 280 g/mol. The van der Waals surface area contributed by atoms with Gasteiger partial charge in [-0.15, -0.1) is 0 Å². The SMILES string of the molecule is CNS(=O)(=O)c1ccccc1-c1ccc(N)c(F)c1. The largest absolute Gasteiger partial charge is 0.396 e. The molecule has 0 bridgehead atoms. The number of nitrogens with one attached hydrogen (secondary N) is 1. The Balaban J connectivity index is 2.66. The number of sulfonamides is 1. The maximum atomic E-state index is 13.5. The Morgan fingerprint density at radius 2 is 1.84 bits per heavy atom. The van der Waals surface area contributed by atoms with E-state index in [1.54, 1.807) is 24.3 Å². The summed E-state index contributed by atoms with van der Waals surface area (Å²) in [6.07, 6.45) is 0. The molecule has 0 aliphatic carbocycles. The lowest BCUT2D eigenvalue weighted by Gasteiger charge is -2.10. The molecule has 0 saturated carbocycles. The predicted molar refractivity (Wildman–Crippen MR) is 72.5 cm³/mol. The first-order valence-electron chi connectivity index (χ1n) is 5.53. The quantitative estimate of drug-likeness (QED) is 0.844. The van der Waals surface area contributed by atoms with Gasteiger partial charge in [-0.05, 0) is 30.8 Å². The number of rotatable bonds is 3. The highest BCUT2D eigenvalue weighted by atomic mass is 32.2. The van der Waals surface area contributed by atoms with E-state index in [9.17, 15) is 12.8 Å². The van der Waals surface area contributed by atoms with E-state index in [2.05, 4.69) is 4.72 Å². The molecule has 3 N–H and O–H groups in total. The molecule has 0 heterocycles. The van der Waals surface area contributed by atoms with Gasteiger partial charge in [-0.2, -0.15) is 0 Å². The summed E-state index contributed by atoms with van der Waals surface area (Å²) in [5.41, 5.74) is 6.32. The van der Waals surface area contributed by atoms with Crippen molar-refractivity contribution in [1.82, 2.24) is 4.72 Å². The minimum atomic E-state index is -3.60. The molecule has 0 fully saturated rings. The second kappa shape index (κ2) is 4.99. The summed E-state index contributed by atoms with van der Waals surface area (Å²) >= 11 is 0. The number of hydrogen-bond acceptors (Lipinski definition) is 3. The maximum Gasteiger partial charge on any atom is 0.240 e. The highest BCUT2D eigenvalue weighted by Gasteiger charge is 2.17. The number of hydrogen-bond donors (Lipinski definition) is 2. The van der Waals surface area contributed by atoms with Crippen molar-refractivity contribution in [1.29, 1.82) is 0 Å². The van der Waals surface area contributed by atoms with Crippen LogP contribution in [0.2, 0.25) is 0 Å². The van der Waals surface area contributed by atoms with Crippen LogP contribution < -0.4 is 10.5 Å². The van der Waals surface area contributed by atoms with E-state index in [-0.39, 0.29) is 10.6 Å². The van der Waals surface area contributed by atoms with Crippen molar-refractivity contribution in [3.05, 3.63) is 48.3 Å². The molecule has 2 aromatic carbocycles. The van der Waals surface area contributed by atoms with E-state index in [1.165, 1.54) is 25.2 Å². The van der Waals surface area contributed by atoms with Crippen LogP contribution in [0, 0.1) is 5.82 Å². The molecule has 0 spiro atoms. The number of benzene rings is 2. The lowest BCUT2D eigenvalue weighted by molar-refractivity contribution is 0.588. The van der Waals surface area contributed by atoms with E-state index in [0.717, 1.165) is 0 Å². The predicted octanol–water partition coefficient (Wildman–Crippen LogP) is 1.98. The fourth-order valence-electron chi connectivity index (χ4n) is 1.74. The van der Waals surface area contributed by atoms with Crippen molar-refractivity contribution in [2.45, 2.75) is 4.90 Å². The topological polar surface area (TPSA) is 72.2 Å². The second-order valence-corrected chi connectivity index (χ2v) is 5.79. The van der Waals surface area contributed by atoms with Gasteiger partial charge in [0.05, 0.1) is 10.6 Å². The van der Waals surface area contributed by atoms with Crippen molar-refractivity contribution in [2.75, 3.05) is 12.8 Å². The summed E-state index contributed by atoms with van der Waals surface area (Å²) in [4.78, 5) is 0.0988. The fraction of sp³-hybridized carbons (Fsp3) is 0.0769. The van der Waals surface area contributed by atoms with Gasteiger partial charge in [0, 0.05) is 5.56 Å². The maximum absolute atomic E-state index is 13.5. The number of anilines is 1. The zero-order chi connectivity index (χ0) is 14.0. The third-order valence-electron chi connectivity index (χ3n) is 2.76. The summed E-state index contributed by atoms with van der Waals surface area (Å²) in [7, 11) is -2.27. The van der Waals surface area contributed by atoms with E-state index in [0.29, 0.717) is 11.1 Å². The summed E-state index contributed by atoms with van der Waals surface area (Å²) in [5.74, 6) is -0.575. The van der Waals surface area contributed by atoms with E-state index < -0.39 is 15.8 Å². The number of halogens is 1. The normalized spacial score (nSPS) is 11.5. The molecule has 0 unspecified atom stereocenters. The molecule has 0 atom stereocenters. The lowest BCUT2D eigenvalue weighted by Crippen LogP contribution is -2.19. The Labute approximate surface area is 111 Å². The first kappa shape index (κ1) is 13.5. The lowest BCUT2D eigenvalue weighted by atomic mass is 10.1. The average Bonchev–Trinajstić information content (AvgIpc) is 2.42. The Hall–Kier alpha value is -1.92. The van der Waals surface area contributed by atoms with Crippen LogP contribution in [0.5, 0.6) is 0 Å². The van der Waals surface area contributed by atoms with Crippen molar-refractivity contribution in [3.8, 4) is 11.1 Å². The third kappa shape index (κ3) is 2.59. The molecule has 0 radical (unpaired) electrons. The minimum absolute atomic E-state index is 0.0257. The van der Waals surface area contributed by atoms with Gasteiger partial charge < -0.3 is 5.73 Å². The molecule has 6 heteroatoms. The molecule has 2 aromatic rings. The van der Waals surface area contributed by atoms with Gasteiger partial charge in [0.25, 0.3) is 0 Å². The molecule has 0 aliphatic heterocycles. The van der Waals surface area contributed by atoms with Crippen LogP contribution in [0.15, 0.2) is 47.4 Å². The van der Waals surface area contributed by atoms with Gasteiger partial charge in [-0.3, -0.25) is 0 Å². The van der Waals surface area contributed by atoms with Gasteiger partial charge in [-0.25, -0.2) is 17.5 Å². The number of nitrogens with two attached hydrogens (primary N) is 1. The highest BCUT2D eigenvalue weighted by Crippen LogP contribution is 2.28. The molecule has 0 aliphatic rings. The van der Waals surface area contributed by atoms with Gasteiger partial charge in [0.2, 0.25) is 10.0 Å². The van der Waals surface area contributed by atoms with Gasteiger partial charge in [-0.1, -0.05) is 24.3 Å². The summed E-state index contributed by atoms with van der Waals surface area (Å²) in [6, 6.07) is 10.6. The highest BCUT2D eigenvalue weighted by molar-refractivity contribution is 7.89. The molecular weight excluding hydrogens is 267 g/mol. The fourth-order valence-corrected chi connectivity index (χ4v) is 2.70. The van der Waals surface area contributed by atoms with E-state index in [1.807, 2.05) is 0 Å². The Bertz CT molecular complexity index is 714. The van der Waals surface area contributed by atoms with Gasteiger partial charge >= 0.3 is 0 Å². The first-order chi connectivity index (χ1) is 8.95. The molecule has 0 saturated heterocycles. The molecule has 100 valence electrons. The zero-order valence-corrected chi connectivity index (χ0v) is 11.0.